The number of hydrogen-bond donors (Lipinski definition) is 2. The van der Waals surface area contributed by atoms with Gasteiger partial charge in [0.05, 0.1) is 30.2 Å². The van der Waals surface area contributed by atoms with Crippen LogP contribution in [0.25, 0.3) is 0 Å². The van der Waals surface area contributed by atoms with Gasteiger partial charge in [0.2, 0.25) is 0 Å². The molecular formula is C21H31BrO4. The second kappa shape index (κ2) is 5.79. The molecule has 0 radical (unpaired) electrons. The zero-order chi connectivity index (χ0) is 18.3. The standard InChI is InChI=1S/C21H31BrO4/c1-19-6-5-13(23)9-12(19)3-4-14-15-10-17(22)21(25-7-8-26-21)20(15,2)11-16(24)18(14)19/h3,13-18,23-24H,4-11H2,1-2H3/t13-,14-,15-,16-,17+,18+,19-,20-/m0/s1. The highest BCUT2D eigenvalue weighted by Crippen LogP contribution is 2.69. The summed E-state index contributed by atoms with van der Waals surface area (Å²) in [6.45, 7) is 5.92. The summed E-state index contributed by atoms with van der Waals surface area (Å²) in [5.41, 5.74) is 1.25. The quantitative estimate of drug-likeness (QED) is 0.460. The first kappa shape index (κ1) is 18.1. The van der Waals surface area contributed by atoms with Crippen LogP contribution in [-0.2, 0) is 9.47 Å². The minimum absolute atomic E-state index is 0.0256. The van der Waals surface area contributed by atoms with E-state index in [2.05, 4.69) is 35.9 Å². The number of rotatable bonds is 0. The molecule has 0 bridgehead atoms. The highest BCUT2D eigenvalue weighted by Gasteiger charge is 2.71. The molecule has 0 amide bonds. The second-order valence-electron chi connectivity index (χ2n) is 9.83. The van der Waals surface area contributed by atoms with Crippen molar-refractivity contribution in [2.75, 3.05) is 13.2 Å². The van der Waals surface area contributed by atoms with Gasteiger partial charge in [0.15, 0.2) is 5.79 Å². The molecule has 5 aliphatic rings. The molecule has 4 aliphatic carbocycles. The Morgan fingerprint density at radius 3 is 2.65 bits per heavy atom. The fraction of sp³-hybridized carbons (Fsp3) is 0.905. The third-order valence-corrected chi connectivity index (χ3v) is 9.76. The van der Waals surface area contributed by atoms with E-state index in [1.807, 2.05) is 0 Å². The lowest BCUT2D eigenvalue weighted by molar-refractivity contribution is -0.253. The van der Waals surface area contributed by atoms with Gasteiger partial charge < -0.3 is 19.7 Å². The fourth-order valence-corrected chi connectivity index (χ4v) is 8.82. The molecule has 1 saturated heterocycles. The van der Waals surface area contributed by atoms with E-state index in [1.165, 1.54) is 5.57 Å². The summed E-state index contributed by atoms with van der Waals surface area (Å²) in [5.74, 6) is 0.640. The van der Waals surface area contributed by atoms with Crippen LogP contribution in [0.4, 0.5) is 0 Å². The Kier molecular flexibility index (Phi) is 4.03. The van der Waals surface area contributed by atoms with Crippen LogP contribution in [0.1, 0.15) is 52.4 Å². The van der Waals surface area contributed by atoms with E-state index in [0.717, 1.165) is 38.5 Å². The van der Waals surface area contributed by atoms with Gasteiger partial charge in [-0.1, -0.05) is 41.4 Å². The van der Waals surface area contributed by atoms with Crippen LogP contribution in [0.3, 0.4) is 0 Å². The molecule has 26 heavy (non-hydrogen) atoms. The highest BCUT2D eigenvalue weighted by atomic mass is 79.9. The van der Waals surface area contributed by atoms with E-state index in [9.17, 15) is 10.2 Å². The van der Waals surface area contributed by atoms with Crippen LogP contribution in [0, 0.1) is 28.6 Å². The minimum atomic E-state index is -0.586. The van der Waals surface area contributed by atoms with E-state index in [4.69, 9.17) is 9.47 Å². The lowest BCUT2D eigenvalue weighted by atomic mass is 9.46. The van der Waals surface area contributed by atoms with Gasteiger partial charge in [-0.15, -0.1) is 0 Å². The molecule has 5 heteroatoms. The normalized spacial score (nSPS) is 55.2. The number of allylic oxidation sites excluding steroid dienone is 1. The fourth-order valence-electron chi connectivity index (χ4n) is 7.63. The van der Waals surface area contributed by atoms with Crippen LogP contribution in [0.5, 0.6) is 0 Å². The van der Waals surface area contributed by atoms with Crippen molar-refractivity contribution in [1.29, 1.82) is 0 Å². The van der Waals surface area contributed by atoms with Crippen molar-refractivity contribution in [3.63, 3.8) is 0 Å². The Morgan fingerprint density at radius 2 is 1.92 bits per heavy atom. The Morgan fingerprint density at radius 1 is 1.19 bits per heavy atom. The molecule has 8 atom stereocenters. The maximum Gasteiger partial charge on any atom is 0.186 e. The Labute approximate surface area is 164 Å². The average Bonchev–Trinajstić information content (AvgIpc) is 3.16. The molecule has 1 aliphatic heterocycles. The van der Waals surface area contributed by atoms with Gasteiger partial charge in [0.1, 0.15) is 0 Å². The molecular weight excluding hydrogens is 396 g/mol. The number of aliphatic hydroxyl groups is 2. The monoisotopic (exact) mass is 426 g/mol. The minimum Gasteiger partial charge on any atom is -0.393 e. The first-order chi connectivity index (χ1) is 12.3. The molecule has 0 aromatic carbocycles. The third kappa shape index (κ3) is 2.10. The Hall–Kier alpha value is 0.0600. The van der Waals surface area contributed by atoms with Crippen LogP contribution < -0.4 is 0 Å². The number of alkyl halides is 1. The zero-order valence-electron chi connectivity index (χ0n) is 15.8. The summed E-state index contributed by atoms with van der Waals surface area (Å²) in [5, 5.41) is 21.5. The second-order valence-corrected chi connectivity index (χ2v) is 10.9. The Balaban J connectivity index is 1.55. The zero-order valence-corrected chi connectivity index (χ0v) is 17.4. The molecule has 0 aromatic rings. The van der Waals surface area contributed by atoms with E-state index >= 15 is 0 Å². The predicted molar refractivity (Wildman–Crippen MR) is 102 cm³/mol. The number of ether oxygens (including phenoxy) is 2. The molecule has 146 valence electrons. The van der Waals surface area contributed by atoms with E-state index < -0.39 is 5.79 Å². The molecule has 4 nitrogen and oxygen atoms in total. The number of hydrogen-bond acceptors (Lipinski definition) is 4. The maximum absolute atomic E-state index is 11.4. The van der Waals surface area contributed by atoms with Gasteiger partial charge in [-0.2, -0.15) is 0 Å². The summed E-state index contributed by atoms with van der Waals surface area (Å²) in [7, 11) is 0. The molecule has 3 saturated carbocycles. The van der Waals surface area contributed by atoms with Gasteiger partial charge in [-0.25, -0.2) is 0 Å². The van der Waals surface area contributed by atoms with Crippen molar-refractivity contribution in [2.45, 2.75) is 75.2 Å². The third-order valence-electron chi connectivity index (χ3n) is 8.79. The molecule has 2 N–H and O–H groups in total. The topological polar surface area (TPSA) is 58.9 Å². The first-order valence-corrected chi connectivity index (χ1v) is 11.2. The predicted octanol–water partition coefficient (Wildman–Crippen LogP) is 3.40. The van der Waals surface area contributed by atoms with Gasteiger partial charge in [0, 0.05) is 5.41 Å². The summed E-state index contributed by atoms with van der Waals surface area (Å²) < 4.78 is 12.5. The van der Waals surface area contributed by atoms with Crippen molar-refractivity contribution in [3.05, 3.63) is 11.6 Å². The SMILES string of the molecule is C[C@]12CC[C@H](O)CC1=CC[C@@H]1[C@@H]2[C@@H](O)C[C@@]2(C)[C@H]1C[C@@H](Br)C21OCCO1. The van der Waals surface area contributed by atoms with Crippen molar-refractivity contribution in [1.82, 2.24) is 0 Å². The summed E-state index contributed by atoms with van der Waals surface area (Å²) in [4.78, 5) is 0.185. The van der Waals surface area contributed by atoms with Crippen LogP contribution >= 0.6 is 15.9 Å². The van der Waals surface area contributed by atoms with Gasteiger partial charge in [0.25, 0.3) is 0 Å². The molecule has 0 unspecified atom stereocenters. The lowest BCUT2D eigenvalue weighted by Crippen LogP contribution is -2.60. The van der Waals surface area contributed by atoms with Crippen molar-refractivity contribution >= 4 is 15.9 Å². The van der Waals surface area contributed by atoms with Gasteiger partial charge in [-0.3, -0.25) is 0 Å². The summed E-state index contributed by atoms with van der Waals surface area (Å²) in [6, 6.07) is 0. The number of aliphatic hydroxyl groups excluding tert-OH is 2. The van der Waals surface area contributed by atoms with Crippen LogP contribution in [0.2, 0.25) is 0 Å². The van der Waals surface area contributed by atoms with E-state index in [1.54, 1.807) is 0 Å². The smallest absolute Gasteiger partial charge is 0.186 e. The molecule has 1 heterocycles. The van der Waals surface area contributed by atoms with E-state index in [0.29, 0.717) is 25.0 Å². The van der Waals surface area contributed by atoms with Gasteiger partial charge >= 0.3 is 0 Å². The Bertz CT molecular complexity index is 630. The molecule has 1 spiro atoms. The van der Waals surface area contributed by atoms with Crippen molar-refractivity contribution < 1.29 is 19.7 Å². The van der Waals surface area contributed by atoms with Crippen LogP contribution in [0.15, 0.2) is 11.6 Å². The summed E-state index contributed by atoms with van der Waals surface area (Å²) in [6.07, 6.45) is 7.26. The number of fused-ring (bicyclic) bond motifs is 6. The molecule has 4 fully saturated rings. The highest BCUT2D eigenvalue weighted by molar-refractivity contribution is 9.09. The molecule has 5 rings (SSSR count). The first-order valence-electron chi connectivity index (χ1n) is 10.3. The van der Waals surface area contributed by atoms with Crippen LogP contribution in [-0.4, -0.2) is 46.2 Å². The van der Waals surface area contributed by atoms with E-state index in [-0.39, 0.29) is 33.8 Å². The molecule has 0 aromatic heterocycles. The van der Waals surface area contributed by atoms with Crippen molar-refractivity contribution in [3.8, 4) is 0 Å². The largest absolute Gasteiger partial charge is 0.393 e. The van der Waals surface area contributed by atoms with Gasteiger partial charge in [-0.05, 0) is 61.7 Å². The summed E-state index contributed by atoms with van der Waals surface area (Å²) >= 11 is 3.89. The average molecular weight is 427 g/mol. The maximum atomic E-state index is 11.4. The number of halogens is 1. The van der Waals surface area contributed by atoms with Crippen molar-refractivity contribution in [2.24, 2.45) is 28.6 Å². The lowest BCUT2D eigenvalue weighted by Gasteiger charge is -2.60.